The zero-order valence-corrected chi connectivity index (χ0v) is 17.5. The summed E-state index contributed by atoms with van der Waals surface area (Å²) in [6, 6.07) is 9.58. The molecule has 5 N–H and O–H groups in total. The second kappa shape index (κ2) is 10.4. The van der Waals surface area contributed by atoms with Crippen LogP contribution in [0.4, 0.5) is 17.3 Å². The van der Waals surface area contributed by atoms with Gasteiger partial charge < -0.3 is 26.6 Å². The SMILES string of the molecule is CCc1cc(C(N)=O)c(Nc2cccc(CCNC(=O)CNC)c2)nc1N(C)C. The maximum Gasteiger partial charge on any atom is 0.252 e. The van der Waals surface area contributed by atoms with Crippen LogP contribution < -0.4 is 26.6 Å². The van der Waals surface area contributed by atoms with Gasteiger partial charge in [-0.05, 0) is 49.2 Å². The van der Waals surface area contributed by atoms with E-state index in [2.05, 4.69) is 20.9 Å². The summed E-state index contributed by atoms with van der Waals surface area (Å²) in [6.45, 7) is 2.86. The number of aryl methyl sites for hydroxylation is 1. The van der Waals surface area contributed by atoms with Gasteiger partial charge in [0.05, 0.1) is 12.1 Å². The number of hydrogen-bond donors (Lipinski definition) is 4. The highest BCUT2D eigenvalue weighted by Gasteiger charge is 2.16. The highest BCUT2D eigenvalue weighted by molar-refractivity contribution is 5.99. The molecule has 0 atom stereocenters. The molecule has 1 heterocycles. The number of primary amides is 1. The Morgan fingerprint density at radius 2 is 1.97 bits per heavy atom. The Bertz CT molecular complexity index is 866. The number of nitrogens with zero attached hydrogens (tertiary/aromatic N) is 2. The van der Waals surface area contributed by atoms with Crippen LogP contribution in [0.2, 0.25) is 0 Å². The lowest BCUT2D eigenvalue weighted by Gasteiger charge is -2.19. The Morgan fingerprint density at radius 3 is 2.59 bits per heavy atom. The first kappa shape index (κ1) is 22.2. The molecule has 0 radical (unpaired) electrons. The van der Waals surface area contributed by atoms with Crippen molar-refractivity contribution in [3.05, 3.63) is 47.0 Å². The fourth-order valence-corrected chi connectivity index (χ4v) is 2.99. The molecule has 1 aromatic heterocycles. The molecule has 0 spiro atoms. The molecule has 0 unspecified atom stereocenters. The number of anilines is 3. The molecule has 0 saturated carbocycles. The van der Waals surface area contributed by atoms with Gasteiger partial charge in [0.2, 0.25) is 5.91 Å². The van der Waals surface area contributed by atoms with E-state index in [1.807, 2.05) is 50.2 Å². The number of amides is 2. The van der Waals surface area contributed by atoms with Crippen molar-refractivity contribution in [3.8, 4) is 0 Å². The summed E-state index contributed by atoms with van der Waals surface area (Å²) < 4.78 is 0. The molecular formula is C21H30N6O2. The van der Waals surface area contributed by atoms with Crippen LogP contribution in [-0.2, 0) is 17.6 Å². The van der Waals surface area contributed by atoms with Crippen molar-refractivity contribution in [2.75, 3.05) is 44.4 Å². The lowest BCUT2D eigenvalue weighted by atomic mass is 10.1. The molecule has 0 fully saturated rings. The van der Waals surface area contributed by atoms with E-state index in [9.17, 15) is 9.59 Å². The number of pyridine rings is 1. The van der Waals surface area contributed by atoms with Gasteiger partial charge in [-0.2, -0.15) is 0 Å². The average Bonchev–Trinajstić information content (AvgIpc) is 2.68. The summed E-state index contributed by atoms with van der Waals surface area (Å²) in [4.78, 5) is 30.1. The van der Waals surface area contributed by atoms with E-state index >= 15 is 0 Å². The third-order valence-corrected chi connectivity index (χ3v) is 4.41. The van der Waals surface area contributed by atoms with Crippen molar-refractivity contribution in [1.29, 1.82) is 0 Å². The lowest BCUT2D eigenvalue weighted by molar-refractivity contribution is -0.120. The van der Waals surface area contributed by atoms with Gasteiger partial charge in [0.1, 0.15) is 11.6 Å². The second-order valence-corrected chi connectivity index (χ2v) is 6.94. The Morgan fingerprint density at radius 1 is 1.21 bits per heavy atom. The zero-order valence-electron chi connectivity index (χ0n) is 17.5. The minimum atomic E-state index is -0.525. The number of nitrogens with two attached hydrogens (primary N) is 1. The molecule has 2 amide bonds. The van der Waals surface area contributed by atoms with Gasteiger partial charge in [-0.15, -0.1) is 0 Å². The van der Waals surface area contributed by atoms with Gasteiger partial charge in [0, 0.05) is 26.3 Å². The molecule has 156 valence electrons. The van der Waals surface area contributed by atoms with Crippen molar-refractivity contribution < 1.29 is 9.59 Å². The number of aromatic nitrogens is 1. The van der Waals surface area contributed by atoms with Gasteiger partial charge in [0.15, 0.2) is 0 Å². The van der Waals surface area contributed by atoms with Gasteiger partial charge in [-0.25, -0.2) is 4.98 Å². The smallest absolute Gasteiger partial charge is 0.252 e. The van der Waals surface area contributed by atoms with Crippen LogP contribution in [0, 0.1) is 0 Å². The highest BCUT2D eigenvalue weighted by atomic mass is 16.2. The number of benzene rings is 1. The molecule has 2 aromatic rings. The van der Waals surface area contributed by atoms with Crippen LogP contribution in [0.15, 0.2) is 30.3 Å². The summed E-state index contributed by atoms with van der Waals surface area (Å²) in [6.07, 6.45) is 1.44. The minimum Gasteiger partial charge on any atom is -0.365 e. The zero-order chi connectivity index (χ0) is 21.4. The van der Waals surface area contributed by atoms with Gasteiger partial charge in [-0.1, -0.05) is 19.1 Å². The maximum atomic E-state index is 12.0. The molecule has 29 heavy (non-hydrogen) atoms. The van der Waals surface area contributed by atoms with Crippen molar-refractivity contribution in [2.45, 2.75) is 19.8 Å². The van der Waals surface area contributed by atoms with Crippen LogP contribution in [-0.4, -0.2) is 51.0 Å². The molecule has 0 aliphatic heterocycles. The quantitative estimate of drug-likeness (QED) is 0.482. The first-order chi connectivity index (χ1) is 13.8. The van der Waals surface area contributed by atoms with E-state index in [1.165, 1.54) is 0 Å². The first-order valence-electron chi connectivity index (χ1n) is 9.64. The number of carbonyl (C=O) groups excluding carboxylic acids is 2. The van der Waals surface area contributed by atoms with Crippen LogP contribution in [0.3, 0.4) is 0 Å². The Kier molecular flexibility index (Phi) is 7.97. The summed E-state index contributed by atoms with van der Waals surface area (Å²) >= 11 is 0. The van der Waals surface area contributed by atoms with Crippen LogP contribution in [0.25, 0.3) is 0 Å². The molecular weight excluding hydrogens is 368 g/mol. The molecule has 2 rings (SSSR count). The summed E-state index contributed by atoms with van der Waals surface area (Å²) in [5, 5.41) is 8.90. The summed E-state index contributed by atoms with van der Waals surface area (Å²) in [5.41, 5.74) is 8.76. The molecule has 0 bridgehead atoms. The highest BCUT2D eigenvalue weighted by Crippen LogP contribution is 2.26. The second-order valence-electron chi connectivity index (χ2n) is 6.94. The van der Waals surface area contributed by atoms with E-state index in [-0.39, 0.29) is 5.91 Å². The number of carbonyl (C=O) groups is 2. The molecule has 0 aliphatic rings. The summed E-state index contributed by atoms with van der Waals surface area (Å²) in [7, 11) is 5.56. The summed E-state index contributed by atoms with van der Waals surface area (Å²) in [5.74, 6) is 0.661. The minimum absolute atomic E-state index is 0.0377. The monoisotopic (exact) mass is 398 g/mol. The lowest BCUT2D eigenvalue weighted by Crippen LogP contribution is -2.33. The first-order valence-corrected chi connectivity index (χ1v) is 9.64. The number of nitrogens with one attached hydrogen (secondary N) is 3. The van der Waals surface area contributed by atoms with Gasteiger partial charge in [-0.3, -0.25) is 9.59 Å². The van der Waals surface area contributed by atoms with E-state index in [0.717, 1.165) is 29.1 Å². The van der Waals surface area contributed by atoms with Crippen molar-refractivity contribution in [1.82, 2.24) is 15.6 Å². The van der Waals surface area contributed by atoms with Crippen molar-refractivity contribution in [2.24, 2.45) is 5.73 Å². The van der Waals surface area contributed by atoms with E-state index in [1.54, 1.807) is 13.1 Å². The average molecular weight is 399 g/mol. The topological polar surface area (TPSA) is 112 Å². The van der Waals surface area contributed by atoms with Crippen molar-refractivity contribution in [3.63, 3.8) is 0 Å². The largest absolute Gasteiger partial charge is 0.365 e. The fraction of sp³-hybridized carbons (Fsp3) is 0.381. The van der Waals surface area contributed by atoms with Crippen LogP contribution in [0.5, 0.6) is 0 Å². The maximum absolute atomic E-state index is 12.0. The molecule has 8 nitrogen and oxygen atoms in total. The van der Waals surface area contributed by atoms with E-state index < -0.39 is 5.91 Å². The van der Waals surface area contributed by atoms with Crippen LogP contribution >= 0.6 is 0 Å². The van der Waals surface area contributed by atoms with Gasteiger partial charge in [0.25, 0.3) is 5.91 Å². The third-order valence-electron chi connectivity index (χ3n) is 4.41. The van der Waals surface area contributed by atoms with Gasteiger partial charge >= 0.3 is 0 Å². The number of likely N-dealkylation sites (N-methyl/N-ethyl adjacent to an activating group) is 1. The molecule has 1 aromatic carbocycles. The Hall–Kier alpha value is -3.13. The molecule has 0 aliphatic carbocycles. The normalized spacial score (nSPS) is 10.5. The van der Waals surface area contributed by atoms with E-state index in [4.69, 9.17) is 5.73 Å². The molecule has 0 saturated heterocycles. The standard InChI is InChI=1S/C21H30N6O2/c1-5-15-12-17(19(22)29)20(26-21(15)27(3)4)25-16-8-6-7-14(11-16)9-10-24-18(28)13-23-2/h6-8,11-12,23H,5,9-10,13H2,1-4H3,(H2,22,29)(H,24,28)(H,25,26). The Labute approximate surface area is 171 Å². The predicted octanol–water partition coefficient (Wildman–Crippen LogP) is 1.43. The Balaban J connectivity index is 2.21. The molecule has 8 heteroatoms. The fourth-order valence-electron chi connectivity index (χ4n) is 2.99. The predicted molar refractivity (Wildman–Crippen MR) is 117 cm³/mol. The third kappa shape index (κ3) is 6.18. The number of rotatable bonds is 10. The van der Waals surface area contributed by atoms with Crippen LogP contribution in [0.1, 0.15) is 28.4 Å². The number of hydrogen-bond acceptors (Lipinski definition) is 6. The van der Waals surface area contributed by atoms with Crippen molar-refractivity contribution >= 4 is 29.1 Å². The van der Waals surface area contributed by atoms with E-state index in [0.29, 0.717) is 30.9 Å².